The van der Waals surface area contributed by atoms with Crippen molar-refractivity contribution in [3.8, 4) is 6.07 Å². The molecule has 0 aliphatic rings. The molecule has 0 radical (unpaired) electrons. The summed E-state index contributed by atoms with van der Waals surface area (Å²) in [6, 6.07) is 8.30. The van der Waals surface area contributed by atoms with Crippen LogP contribution in [0.3, 0.4) is 0 Å². The second-order valence-electron chi connectivity index (χ2n) is 4.11. The first-order valence-electron chi connectivity index (χ1n) is 5.40. The average molecular weight is 218 g/mol. The lowest BCUT2D eigenvalue weighted by atomic mass is 10.1. The molecule has 0 fully saturated rings. The van der Waals surface area contributed by atoms with Gasteiger partial charge in [0.2, 0.25) is 0 Å². The number of aliphatic hydroxyl groups excluding tert-OH is 1. The van der Waals surface area contributed by atoms with Crippen LogP contribution in [0.5, 0.6) is 0 Å². The summed E-state index contributed by atoms with van der Waals surface area (Å²) in [6.07, 6.45) is 0.481. The molecule has 1 aromatic rings. The SMILES string of the molecule is Cc1ccc(N(C)C(C)CC#N)c(CO)c1. The van der Waals surface area contributed by atoms with Crippen LogP contribution >= 0.6 is 0 Å². The first-order valence-corrected chi connectivity index (χ1v) is 5.40. The number of nitriles is 1. The van der Waals surface area contributed by atoms with E-state index >= 15 is 0 Å². The van der Waals surface area contributed by atoms with Crippen molar-refractivity contribution in [2.75, 3.05) is 11.9 Å². The Labute approximate surface area is 96.9 Å². The van der Waals surface area contributed by atoms with Crippen molar-refractivity contribution in [3.05, 3.63) is 29.3 Å². The van der Waals surface area contributed by atoms with E-state index in [0.29, 0.717) is 6.42 Å². The van der Waals surface area contributed by atoms with Gasteiger partial charge >= 0.3 is 0 Å². The summed E-state index contributed by atoms with van der Waals surface area (Å²) < 4.78 is 0. The van der Waals surface area contributed by atoms with Gasteiger partial charge in [0.05, 0.1) is 19.1 Å². The summed E-state index contributed by atoms with van der Waals surface area (Å²) >= 11 is 0. The van der Waals surface area contributed by atoms with Crippen molar-refractivity contribution in [1.29, 1.82) is 5.26 Å². The summed E-state index contributed by atoms with van der Waals surface area (Å²) in [7, 11) is 1.95. The van der Waals surface area contributed by atoms with Gasteiger partial charge in [-0.05, 0) is 19.9 Å². The fourth-order valence-corrected chi connectivity index (χ4v) is 1.69. The second kappa shape index (κ2) is 5.53. The van der Waals surface area contributed by atoms with Gasteiger partial charge in [0.1, 0.15) is 0 Å². The molecule has 1 rings (SSSR count). The molecule has 0 spiro atoms. The molecule has 0 heterocycles. The normalized spacial score (nSPS) is 11.9. The molecular formula is C13H18N2O. The van der Waals surface area contributed by atoms with E-state index in [1.807, 2.05) is 44.0 Å². The third kappa shape index (κ3) is 2.74. The van der Waals surface area contributed by atoms with Crippen molar-refractivity contribution in [1.82, 2.24) is 0 Å². The van der Waals surface area contributed by atoms with Crippen LogP contribution in [0, 0.1) is 18.3 Å². The number of anilines is 1. The van der Waals surface area contributed by atoms with Gasteiger partial charge in [-0.15, -0.1) is 0 Å². The summed E-state index contributed by atoms with van der Waals surface area (Å²) in [4.78, 5) is 2.04. The maximum Gasteiger partial charge on any atom is 0.0702 e. The Morgan fingerprint density at radius 3 is 2.75 bits per heavy atom. The number of aliphatic hydroxyl groups is 1. The van der Waals surface area contributed by atoms with Crippen LogP contribution in [-0.4, -0.2) is 18.2 Å². The van der Waals surface area contributed by atoms with Crippen LogP contribution in [0.2, 0.25) is 0 Å². The standard InChI is InChI=1S/C13H18N2O/c1-10-4-5-13(12(8-10)9-16)15(3)11(2)6-7-14/h4-5,8,11,16H,6,9H2,1-3H3. The van der Waals surface area contributed by atoms with E-state index in [9.17, 15) is 5.11 Å². The lowest BCUT2D eigenvalue weighted by Gasteiger charge is -2.27. The Hall–Kier alpha value is -1.53. The number of benzene rings is 1. The smallest absolute Gasteiger partial charge is 0.0702 e. The van der Waals surface area contributed by atoms with Crippen LogP contribution in [0.25, 0.3) is 0 Å². The molecular weight excluding hydrogens is 200 g/mol. The highest BCUT2D eigenvalue weighted by atomic mass is 16.3. The predicted octanol–water partition coefficient (Wildman–Crippen LogP) is 2.23. The summed E-state index contributed by atoms with van der Waals surface area (Å²) in [5.41, 5.74) is 3.04. The number of nitrogens with zero attached hydrogens (tertiary/aromatic N) is 2. The second-order valence-corrected chi connectivity index (χ2v) is 4.11. The molecule has 1 unspecified atom stereocenters. The van der Waals surface area contributed by atoms with Crippen molar-refractivity contribution in [2.24, 2.45) is 0 Å². The molecule has 1 aromatic carbocycles. The van der Waals surface area contributed by atoms with Crippen molar-refractivity contribution in [3.63, 3.8) is 0 Å². The van der Waals surface area contributed by atoms with Crippen molar-refractivity contribution >= 4 is 5.69 Å². The number of aryl methyl sites for hydroxylation is 1. The lowest BCUT2D eigenvalue weighted by molar-refractivity contribution is 0.282. The minimum Gasteiger partial charge on any atom is -0.392 e. The minimum absolute atomic E-state index is 0.0284. The topological polar surface area (TPSA) is 47.3 Å². The zero-order valence-corrected chi connectivity index (χ0v) is 10.1. The monoisotopic (exact) mass is 218 g/mol. The van der Waals surface area contributed by atoms with Gasteiger partial charge in [0.25, 0.3) is 0 Å². The van der Waals surface area contributed by atoms with Crippen molar-refractivity contribution in [2.45, 2.75) is 32.9 Å². The van der Waals surface area contributed by atoms with Crippen molar-refractivity contribution < 1.29 is 5.11 Å². The maximum absolute atomic E-state index is 9.31. The minimum atomic E-state index is 0.0284. The molecule has 0 amide bonds. The highest BCUT2D eigenvalue weighted by Crippen LogP contribution is 2.23. The van der Waals surface area contributed by atoms with Gasteiger partial charge in [-0.25, -0.2) is 0 Å². The van der Waals surface area contributed by atoms with Gasteiger partial charge in [-0.1, -0.05) is 17.7 Å². The zero-order valence-electron chi connectivity index (χ0n) is 10.1. The first kappa shape index (κ1) is 12.5. The van der Waals surface area contributed by atoms with E-state index in [1.54, 1.807) is 0 Å². The Morgan fingerprint density at radius 2 is 2.19 bits per heavy atom. The molecule has 0 saturated heterocycles. The third-order valence-electron chi connectivity index (χ3n) is 2.83. The molecule has 0 aromatic heterocycles. The van der Waals surface area contributed by atoms with Crippen LogP contribution < -0.4 is 4.90 Å². The van der Waals surface area contributed by atoms with E-state index in [2.05, 4.69) is 6.07 Å². The fraction of sp³-hybridized carbons (Fsp3) is 0.462. The van der Waals surface area contributed by atoms with E-state index in [-0.39, 0.29) is 12.6 Å². The van der Waals surface area contributed by atoms with E-state index in [0.717, 1.165) is 16.8 Å². The molecule has 0 aliphatic heterocycles. The Bertz CT molecular complexity index is 395. The third-order valence-corrected chi connectivity index (χ3v) is 2.83. The predicted molar refractivity (Wildman–Crippen MR) is 65.2 cm³/mol. The highest BCUT2D eigenvalue weighted by Gasteiger charge is 2.12. The summed E-state index contributed by atoms with van der Waals surface area (Å²) in [5, 5.41) is 18.0. The maximum atomic E-state index is 9.31. The fourth-order valence-electron chi connectivity index (χ4n) is 1.69. The molecule has 86 valence electrons. The Kier molecular flexibility index (Phi) is 4.33. The van der Waals surface area contributed by atoms with E-state index in [1.165, 1.54) is 0 Å². The van der Waals surface area contributed by atoms with E-state index < -0.39 is 0 Å². The van der Waals surface area contributed by atoms with Crippen LogP contribution in [0.4, 0.5) is 5.69 Å². The molecule has 3 heteroatoms. The first-order chi connectivity index (χ1) is 7.60. The molecule has 1 atom stereocenters. The van der Waals surface area contributed by atoms with Crippen LogP contribution in [0.15, 0.2) is 18.2 Å². The largest absolute Gasteiger partial charge is 0.392 e. The summed E-state index contributed by atoms with van der Waals surface area (Å²) in [5.74, 6) is 0. The molecule has 3 nitrogen and oxygen atoms in total. The van der Waals surface area contributed by atoms with Gasteiger partial charge in [0.15, 0.2) is 0 Å². The Balaban J connectivity index is 2.99. The number of hydrogen-bond donors (Lipinski definition) is 1. The highest BCUT2D eigenvalue weighted by molar-refractivity contribution is 5.55. The molecule has 0 bridgehead atoms. The molecule has 0 aliphatic carbocycles. The van der Waals surface area contributed by atoms with Crippen LogP contribution in [-0.2, 0) is 6.61 Å². The molecule has 16 heavy (non-hydrogen) atoms. The van der Waals surface area contributed by atoms with E-state index in [4.69, 9.17) is 5.26 Å². The van der Waals surface area contributed by atoms with Gasteiger partial charge in [-0.2, -0.15) is 5.26 Å². The quantitative estimate of drug-likeness (QED) is 0.843. The average Bonchev–Trinajstić information content (AvgIpc) is 2.28. The lowest BCUT2D eigenvalue weighted by Crippen LogP contribution is -2.29. The van der Waals surface area contributed by atoms with Crippen LogP contribution in [0.1, 0.15) is 24.5 Å². The Morgan fingerprint density at radius 1 is 1.50 bits per heavy atom. The van der Waals surface area contributed by atoms with Gasteiger partial charge in [0, 0.05) is 24.3 Å². The zero-order chi connectivity index (χ0) is 12.1. The van der Waals surface area contributed by atoms with Gasteiger partial charge in [-0.3, -0.25) is 0 Å². The van der Waals surface area contributed by atoms with Gasteiger partial charge < -0.3 is 10.0 Å². The number of hydrogen-bond acceptors (Lipinski definition) is 3. The molecule has 0 saturated carbocycles. The summed E-state index contributed by atoms with van der Waals surface area (Å²) in [6.45, 7) is 4.03. The number of rotatable bonds is 4. The molecule has 1 N–H and O–H groups in total.